The van der Waals surface area contributed by atoms with E-state index in [1.807, 2.05) is 0 Å². The Morgan fingerprint density at radius 1 is 0.621 bits per heavy atom. The Balaban J connectivity index is 1.19. The molecule has 4 rings (SSSR count). The maximum atomic E-state index is 3.58. The lowest BCUT2D eigenvalue weighted by Crippen LogP contribution is -2.29. The smallest absolute Gasteiger partial charge is 0.0233 e. The van der Waals surface area contributed by atoms with Gasteiger partial charge in [0, 0.05) is 13.1 Å². The predicted molar refractivity (Wildman–Crippen MR) is 123 cm³/mol. The zero-order valence-corrected chi connectivity index (χ0v) is 17.3. The average molecular weight is 385 g/mol. The fourth-order valence-electron chi connectivity index (χ4n) is 4.10. The predicted octanol–water partition coefficient (Wildman–Crippen LogP) is 5.67. The topological polar surface area (TPSA) is 15.3 Å². The summed E-state index contributed by atoms with van der Waals surface area (Å²) >= 11 is 0. The third-order valence-corrected chi connectivity index (χ3v) is 5.86. The SMILES string of the molecule is c1ccc(-c2ccc(CNCCc3ccc(CN4CCCCC4)cc3)cc2)cc1. The van der Waals surface area contributed by atoms with Gasteiger partial charge in [-0.1, -0.05) is 85.3 Å². The van der Waals surface area contributed by atoms with Gasteiger partial charge in [-0.25, -0.2) is 0 Å². The van der Waals surface area contributed by atoms with Crippen LogP contribution in [-0.2, 0) is 19.5 Å². The van der Waals surface area contributed by atoms with Crippen molar-refractivity contribution in [2.45, 2.75) is 38.8 Å². The second kappa shape index (κ2) is 10.4. The van der Waals surface area contributed by atoms with Crippen molar-refractivity contribution in [2.24, 2.45) is 0 Å². The van der Waals surface area contributed by atoms with Crippen molar-refractivity contribution in [1.82, 2.24) is 10.2 Å². The summed E-state index contributed by atoms with van der Waals surface area (Å²) in [4.78, 5) is 2.59. The van der Waals surface area contributed by atoms with E-state index in [2.05, 4.69) is 89.1 Å². The number of piperidine rings is 1. The van der Waals surface area contributed by atoms with Crippen LogP contribution in [0.2, 0.25) is 0 Å². The molecule has 0 radical (unpaired) electrons. The maximum absolute atomic E-state index is 3.58. The quantitative estimate of drug-likeness (QED) is 0.503. The molecule has 0 aliphatic carbocycles. The van der Waals surface area contributed by atoms with Gasteiger partial charge >= 0.3 is 0 Å². The van der Waals surface area contributed by atoms with Gasteiger partial charge in [-0.05, 0) is 66.7 Å². The summed E-state index contributed by atoms with van der Waals surface area (Å²) in [5, 5.41) is 3.58. The van der Waals surface area contributed by atoms with Crippen molar-refractivity contribution in [3.63, 3.8) is 0 Å². The second-order valence-electron chi connectivity index (χ2n) is 8.14. The lowest BCUT2D eigenvalue weighted by atomic mass is 10.0. The largest absolute Gasteiger partial charge is 0.312 e. The Bertz CT molecular complexity index is 847. The van der Waals surface area contributed by atoms with Crippen LogP contribution in [0.25, 0.3) is 11.1 Å². The van der Waals surface area contributed by atoms with E-state index in [0.717, 1.165) is 26.1 Å². The van der Waals surface area contributed by atoms with E-state index in [4.69, 9.17) is 0 Å². The monoisotopic (exact) mass is 384 g/mol. The second-order valence-corrected chi connectivity index (χ2v) is 8.14. The number of rotatable bonds is 8. The standard InChI is InChI=1S/C27H32N2/c1-3-7-26(8-4-1)27-15-13-24(14-16-27)21-28-18-17-23-9-11-25(12-10-23)22-29-19-5-2-6-20-29/h1,3-4,7-16,28H,2,5-6,17-22H2. The van der Waals surface area contributed by atoms with E-state index in [9.17, 15) is 0 Å². The minimum Gasteiger partial charge on any atom is -0.312 e. The summed E-state index contributed by atoms with van der Waals surface area (Å²) in [6.07, 6.45) is 5.20. The van der Waals surface area contributed by atoms with Crippen molar-refractivity contribution in [3.05, 3.63) is 95.6 Å². The summed E-state index contributed by atoms with van der Waals surface area (Å²) in [6.45, 7) is 5.56. The van der Waals surface area contributed by atoms with E-state index in [0.29, 0.717) is 0 Å². The highest BCUT2D eigenvalue weighted by Gasteiger charge is 2.10. The first-order valence-corrected chi connectivity index (χ1v) is 11.0. The van der Waals surface area contributed by atoms with E-state index >= 15 is 0 Å². The molecule has 0 unspecified atom stereocenters. The first kappa shape index (κ1) is 19.9. The summed E-state index contributed by atoms with van der Waals surface area (Å²) in [7, 11) is 0. The summed E-state index contributed by atoms with van der Waals surface area (Å²) in [5.41, 5.74) is 6.75. The highest BCUT2D eigenvalue weighted by atomic mass is 15.1. The van der Waals surface area contributed by atoms with Gasteiger partial charge in [0.15, 0.2) is 0 Å². The Hall–Kier alpha value is -2.42. The molecule has 0 saturated carbocycles. The number of nitrogens with zero attached hydrogens (tertiary/aromatic N) is 1. The van der Waals surface area contributed by atoms with Gasteiger partial charge in [0.1, 0.15) is 0 Å². The van der Waals surface area contributed by atoms with Crippen molar-refractivity contribution in [1.29, 1.82) is 0 Å². The van der Waals surface area contributed by atoms with Crippen molar-refractivity contribution >= 4 is 0 Å². The van der Waals surface area contributed by atoms with Crippen molar-refractivity contribution < 1.29 is 0 Å². The minimum atomic E-state index is 0.919. The normalized spacial score (nSPS) is 14.8. The minimum absolute atomic E-state index is 0.919. The van der Waals surface area contributed by atoms with E-state index in [1.165, 1.54) is 60.2 Å². The molecule has 1 heterocycles. The molecule has 1 aliphatic rings. The highest BCUT2D eigenvalue weighted by Crippen LogP contribution is 2.19. The molecule has 0 spiro atoms. The lowest BCUT2D eigenvalue weighted by Gasteiger charge is -2.26. The summed E-state index contributed by atoms with van der Waals surface area (Å²) in [5.74, 6) is 0. The number of nitrogens with one attached hydrogen (secondary N) is 1. The van der Waals surface area contributed by atoms with Crippen molar-refractivity contribution in [3.8, 4) is 11.1 Å². The van der Waals surface area contributed by atoms with Gasteiger partial charge < -0.3 is 5.32 Å². The molecule has 1 aliphatic heterocycles. The molecule has 0 bridgehead atoms. The molecule has 0 amide bonds. The molecule has 150 valence electrons. The molecule has 1 saturated heterocycles. The van der Waals surface area contributed by atoms with Crippen LogP contribution < -0.4 is 5.32 Å². The molecule has 29 heavy (non-hydrogen) atoms. The van der Waals surface area contributed by atoms with Gasteiger partial charge in [-0.2, -0.15) is 0 Å². The van der Waals surface area contributed by atoms with Gasteiger partial charge in [0.05, 0.1) is 0 Å². The molecule has 1 fully saturated rings. The molecular formula is C27H32N2. The Labute approximate surface area is 175 Å². The van der Waals surface area contributed by atoms with Crippen LogP contribution in [-0.4, -0.2) is 24.5 Å². The van der Waals surface area contributed by atoms with Gasteiger partial charge in [0.2, 0.25) is 0 Å². The number of likely N-dealkylation sites (tertiary alicyclic amines) is 1. The molecule has 1 N–H and O–H groups in total. The fraction of sp³-hybridized carbons (Fsp3) is 0.333. The summed E-state index contributed by atoms with van der Waals surface area (Å²) < 4.78 is 0. The average Bonchev–Trinajstić information content (AvgIpc) is 2.79. The molecule has 2 heteroatoms. The van der Waals surface area contributed by atoms with Crippen LogP contribution in [0.4, 0.5) is 0 Å². The third-order valence-electron chi connectivity index (χ3n) is 5.86. The van der Waals surface area contributed by atoms with E-state index in [-0.39, 0.29) is 0 Å². The van der Waals surface area contributed by atoms with Crippen LogP contribution in [0.15, 0.2) is 78.9 Å². The van der Waals surface area contributed by atoms with Crippen LogP contribution in [0.5, 0.6) is 0 Å². The third kappa shape index (κ3) is 6.03. The maximum Gasteiger partial charge on any atom is 0.0233 e. The first-order valence-electron chi connectivity index (χ1n) is 11.0. The van der Waals surface area contributed by atoms with E-state index < -0.39 is 0 Å². The van der Waals surface area contributed by atoms with Gasteiger partial charge in [-0.3, -0.25) is 4.90 Å². The molecule has 2 nitrogen and oxygen atoms in total. The zero-order chi connectivity index (χ0) is 19.7. The molecule has 3 aromatic carbocycles. The van der Waals surface area contributed by atoms with Crippen LogP contribution in [0.1, 0.15) is 36.0 Å². The Morgan fingerprint density at radius 3 is 1.97 bits per heavy atom. The lowest BCUT2D eigenvalue weighted by molar-refractivity contribution is 0.221. The fourth-order valence-corrected chi connectivity index (χ4v) is 4.10. The Kier molecular flexibility index (Phi) is 7.12. The van der Waals surface area contributed by atoms with Crippen LogP contribution >= 0.6 is 0 Å². The van der Waals surface area contributed by atoms with Gasteiger partial charge in [0.25, 0.3) is 0 Å². The summed E-state index contributed by atoms with van der Waals surface area (Å²) in [6, 6.07) is 28.7. The zero-order valence-electron chi connectivity index (χ0n) is 17.3. The molecule has 3 aromatic rings. The number of hydrogen-bond donors (Lipinski definition) is 1. The van der Waals surface area contributed by atoms with Gasteiger partial charge in [-0.15, -0.1) is 0 Å². The molecule has 0 aromatic heterocycles. The first-order chi connectivity index (χ1) is 14.4. The molecular weight excluding hydrogens is 352 g/mol. The highest BCUT2D eigenvalue weighted by molar-refractivity contribution is 5.63. The van der Waals surface area contributed by atoms with Crippen molar-refractivity contribution in [2.75, 3.05) is 19.6 Å². The van der Waals surface area contributed by atoms with Crippen LogP contribution in [0.3, 0.4) is 0 Å². The number of benzene rings is 3. The van der Waals surface area contributed by atoms with Crippen LogP contribution in [0, 0.1) is 0 Å². The van der Waals surface area contributed by atoms with E-state index in [1.54, 1.807) is 0 Å². The Morgan fingerprint density at radius 2 is 1.24 bits per heavy atom. The molecule has 0 atom stereocenters. The number of hydrogen-bond acceptors (Lipinski definition) is 2.